The van der Waals surface area contributed by atoms with Gasteiger partial charge in [-0.15, -0.1) is 0 Å². The van der Waals surface area contributed by atoms with E-state index in [2.05, 4.69) is 24.1 Å². The summed E-state index contributed by atoms with van der Waals surface area (Å²) in [6.07, 6.45) is 8.48. The molecule has 3 rings (SSSR count). The summed E-state index contributed by atoms with van der Waals surface area (Å²) in [5.41, 5.74) is 8.64. The lowest BCUT2D eigenvalue weighted by Crippen LogP contribution is -2.24. The summed E-state index contributed by atoms with van der Waals surface area (Å²) in [6.45, 7) is 5.53. The number of unbranched alkanes of at least 4 members (excludes halogenated alkanes) is 4. The second-order valence-electron chi connectivity index (χ2n) is 7.98. The van der Waals surface area contributed by atoms with Crippen LogP contribution in [0.2, 0.25) is 0 Å². The van der Waals surface area contributed by atoms with Crippen LogP contribution in [0.3, 0.4) is 0 Å². The van der Waals surface area contributed by atoms with Crippen LogP contribution < -0.4 is 15.9 Å². The predicted molar refractivity (Wildman–Crippen MR) is 126 cm³/mol. The Hall–Kier alpha value is -2.83. The molecular formula is C24H35N5O2. The van der Waals surface area contributed by atoms with Gasteiger partial charge in [0.2, 0.25) is 5.91 Å². The Balaban J connectivity index is 1.65. The third-order valence-corrected chi connectivity index (χ3v) is 5.42. The van der Waals surface area contributed by atoms with E-state index in [1.54, 1.807) is 0 Å². The zero-order valence-corrected chi connectivity index (χ0v) is 18.8. The summed E-state index contributed by atoms with van der Waals surface area (Å²) in [7, 11) is 0. The van der Waals surface area contributed by atoms with Crippen LogP contribution in [0.25, 0.3) is 21.9 Å². The number of nitrogens with two attached hydrogens (primary N) is 1. The number of carbonyl (C=O) groups is 1. The summed E-state index contributed by atoms with van der Waals surface area (Å²) in [5, 5.41) is 3.98. The number of nitrogen functional groups attached to an aromatic ring is 1. The van der Waals surface area contributed by atoms with Gasteiger partial charge in [0, 0.05) is 24.8 Å². The first-order valence-corrected chi connectivity index (χ1v) is 11.6. The first kappa shape index (κ1) is 22.8. The highest BCUT2D eigenvalue weighted by Crippen LogP contribution is 2.28. The van der Waals surface area contributed by atoms with Crippen molar-refractivity contribution in [1.82, 2.24) is 20.0 Å². The molecule has 31 heavy (non-hydrogen) atoms. The molecule has 1 amide bonds. The molecule has 0 fully saturated rings. The number of benzene rings is 1. The SMILES string of the molecule is CCCCCC(=O)NCCCCOn1c(CCCC)nc2c(N)nc3ccccc3c21. The minimum absolute atomic E-state index is 0.145. The molecular weight excluding hydrogens is 390 g/mol. The fraction of sp³-hybridized carbons (Fsp3) is 0.542. The molecule has 0 aliphatic rings. The Bertz CT molecular complexity index is 998. The summed E-state index contributed by atoms with van der Waals surface area (Å²) >= 11 is 0. The van der Waals surface area contributed by atoms with Gasteiger partial charge in [-0.2, -0.15) is 4.73 Å². The number of hydrogen-bond acceptors (Lipinski definition) is 5. The number of imidazole rings is 1. The monoisotopic (exact) mass is 425 g/mol. The highest BCUT2D eigenvalue weighted by atomic mass is 16.7. The summed E-state index contributed by atoms with van der Waals surface area (Å²) in [6, 6.07) is 7.93. The van der Waals surface area contributed by atoms with Crippen molar-refractivity contribution in [2.45, 2.75) is 71.6 Å². The number of pyridine rings is 1. The first-order chi connectivity index (χ1) is 15.2. The van der Waals surface area contributed by atoms with Crippen molar-refractivity contribution in [2.24, 2.45) is 0 Å². The van der Waals surface area contributed by atoms with Gasteiger partial charge in [0.05, 0.1) is 5.52 Å². The lowest BCUT2D eigenvalue weighted by molar-refractivity contribution is -0.121. The molecule has 2 aromatic heterocycles. The summed E-state index contributed by atoms with van der Waals surface area (Å²) in [5.74, 6) is 1.46. The van der Waals surface area contributed by atoms with Crippen molar-refractivity contribution in [3.8, 4) is 0 Å². The zero-order chi connectivity index (χ0) is 22.1. The van der Waals surface area contributed by atoms with Crippen LogP contribution in [0.4, 0.5) is 5.82 Å². The van der Waals surface area contributed by atoms with E-state index in [-0.39, 0.29) is 5.91 Å². The van der Waals surface area contributed by atoms with Gasteiger partial charge in [-0.25, -0.2) is 9.97 Å². The number of rotatable bonds is 13. The van der Waals surface area contributed by atoms with Crippen LogP contribution in [0.5, 0.6) is 0 Å². The number of aromatic nitrogens is 3. The van der Waals surface area contributed by atoms with E-state index < -0.39 is 0 Å². The molecule has 0 spiro atoms. The third-order valence-electron chi connectivity index (χ3n) is 5.42. The normalized spacial score (nSPS) is 11.3. The number of carbonyl (C=O) groups excluding carboxylic acids is 1. The van der Waals surface area contributed by atoms with E-state index in [9.17, 15) is 4.79 Å². The highest BCUT2D eigenvalue weighted by Gasteiger charge is 2.18. The first-order valence-electron chi connectivity index (χ1n) is 11.6. The van der Waals surface area contributed by atoms with E-state index >= 15 is 0 Å². The van der Waals surface area contributed by atoms with E-state index in [0.717, 1.165) is 73.6 Å². The van der Waals surface area contributed by atoms with Gasteiger partial charge < -0.3 is 15.9 Å². The Morgan fingerprint density at radius 3 is 2.68 bits per heavy atom. The molecule has 0 aliphatic heterocycles. The van der Waals surface area contributed by atoms with Crippen molar-refractivity contribution < 1.29 is 9.63 Å². The van der Waals surface area contributed by atoms with Gasteiger partial charge in [0.1, 0.15) is 23.5 Å². The lowest BCUT2D eigenvalue weighted by Gasteiger charge is -2.12. The van der Waals surface area contributed by atoms with Gasteiger partial charge in [-0.1, -0.05) is 51.3 Å². The standard InChI is InChI=1S/C24H35N5O2/c1-3-5-7-15-21(30)26-16-10-11-17-31-29-20(14-6-4-2)28-22-23(29)18-12-8-9-13-19(18)27-24(22)25/h8-9,12-13H,3-7,10-11,14-17H2,1-2H3,(H2,25,27)(H,26,30). The maximum atomic E-state index is 11.8. The lowest BCUT2D eigenvalue weighted by atomic mass is 10.2. The number of aryl methyl sites for hydroxylation is 1. The molecule has 2 heterocycles. The van der Waals surface area contributed by atoms with Crippen molar-refractivity contribution in [3.63, 3.8) is 0 Å². The van der Waals surface area contributed by atoms with Crippen LogP contribution >= 0.6 is 0 Å². The molecule has 0 saturated heterocycles. The van der Waals surface area contributed by atoms with Gasteiger partial charge in [0.25, 0.3) is 0 Å². The molecule has 168 valence electrons. The number of para-hydroxylation sites is 1. The fourth-order valence-corrected chi connectivity index (χ4v) is 3.69. The molecule has 7 heteroatoms. The van der Waals surface area contributed by atoms with Crippen LogP contribution in [0.1, 0.15) is 71.0 Å². The molecule has 1 aromatic carbocycles. The van der Waals surface area contributed by atoms with E-state index in [1.165, 1.54) is 0 Å². The maximum absolute atomic E-state index is 11.8. The van der Waals surface area contributed by atoms with Crippen LogP contribution in [-0.2, 0) is 11.2 Å². The number of nitrogens with one attached hydrogen (secondary N) is 1. The fourth-order valence-electron chi connectivity index (χ4n) is 3.69. The van der Waals surface area contributed by atoms with Crippen LogP contribution in [-0.4, -0.2) is 33.8 Å². The largest absolute Gasteiger partial charge is 0.412 e. The Kier molecular flexibility index (Phi) is 8.50. The Morgan fingerprint density at radius 1 is 1.06 bits per heavy atom. The van der Waals surface area contributed by atoms with Gasteiger partial charge in [0.15, 0.2) is 5.82 Å². The molecule has 0 saturated carbocycles. The van der Waals surface area contributed by atoms with Crippen LogP contribution in [0, 0.1) is 0 Å². The average Bonchev–Trinajstić information content (AvgIpc) is 3.14. The molecule has 0 unspecified atom stereocenters. The number of hydrogen-bond donors (Lipinski definition) is 2. The van der Waals surface area contributed by atoms with E-state index in [1.807, 2.05) is 29.0 Å². The van der Waals surface area contributed by atoms with Crippen molar-refractivity contribution in [2.75, 3.05) is 18.9 Å². The number of nitrogens with zero attached hydrogens (tertiary/aromatic N) is 3. The van der Waals surface area contributed by atoms with Gasteiger partial charge >= 0.3 is 0 Å². The summed E-state index contributed by atoms with van der Waals surface area (Å²) < 4.78 is 1.86. The van der Waals surface area contributed by atoms with E-state index in [0.29, 0.717) is 30.9 Å². The summed E-state index contributed by atoms with van der Waals surface area (Å²) in [4.78, 5) is 27.3. The third kappa shape index (κ3) is 5.87. The quantitative estimate of drug-likeness (QED) is 0.395. The van der Waals surface area contributed by atoms with Gasteiger partial charge in [-0.3, -0.25) is 4.79 Å². The van der Waals surface area contributed by atoms with Crippen molar-refractivity contribution >= 4 is 33.7 Å². The molecule has 0 bridgehead atoms. The molecule has 3 N–H and O–H groups in total. The second-order valence-corrected chi connectivity index (χ2v) is 7.98. The molecule has 3 aromatic rings. The number of amides is 1. The molecule has 0 aliphatic carbocycles. The number of fused-ring (bicyclic) bond motifs is 3. The highest BCUT2D eigenvalue weighted by molar-refractivity contribution is 6.06. The van der Waals surface area contributed by atoms with E-state index in [4.69, 9.17) is 15.6 Å². The van der Waals surface area contributed by atoms with Gasteiger partial charge in [-0.05, 0) is 31.7 Å². The Morgan fingerprint density at radius 2 is 1.87 bits per heavy atom. The second kappa shape index (κ2) is 11.5. The predicted octanol–water partition coefficient (Wildman–Crippen LogP) is 4.41. The average molecular weight is 426 g/mol. The van der Waals surface area contributed by atoms with Crippen LogP contribution in [0.15, 0.2) is 24.3 Å². The minimum atomic E-state index is 0.145. The molecule has 7 nitrogen and oxygen atoms in total. The topological polar surface area (TPSA) is 95.1 Å². The molecule has 0 radical (unpaired) electrons. The zero-order valence-electron chi connectivity index (χ0n) is 18.8. The molecule has 0 atom stereocenters. The van der Waals surface area contributed by atoms with Crippen molar-refractivity contribution in [1.29, 1.82) is 0 Å². The smallest absolute Gasteiger partial charge is 0.219 e. The van der Waals surface area contributed by atoms with Crippen molar-refractivity contribution in [3.05, 3.63) is 30.1 Å². The number of anilines is 1. The minimum Gasteiger partial charge on any atom is -0.412 e. The Labute approximate surface area is 184 Å². The maximum Gasteiger partial charge on any atom is 0.219 e.